The van der Waals surface area contributed by atoms with Crippen molar-refractivity contribution in [1.29, 1.82) is 0 Å². The second kappa shape index (κ2) is 6.71. The second-order valence-electron chi connectivity index (χ2n) is 5.26. The van der Waals surface area contributed by atoms with E-state index in [1.165, 1.54) is 6.92 Å². The summed E-state index contributed by atoms with van der Waals surface area (Å²) in [5.41, 5.74) is 2.31. The lowest BCUT2D eigenvalue weighted by Crippen LogP contribution is -2.12. The first-order chi connectivity index (χ1) is 11.1. The van der Waals surface area contributed by atoms with Crippen molar-refractivity contribution in [2.24, 2.45) is 0 Å². The number of aromatic nitrogens is 1. The van der Waals surface area contributed by atoms with Gasteiger partial charge in [-0.1, -0.05) is 12.1 Å². The molecule has 0 saturated heterocycles. The molecule has 0 spiro atoms. The highest BCUT2D eigenvalue weighted by Gasteiger charge is 2.07. The Balaban J connectivity index is 1.57. The number of para-hydroxylation sites is 1. The van der Waals surface area contributed by atoms with Crippen LogP contribution in [0, 0.1) is 0 Å². The third-order valence-corrected chi connectivity index (χ3v) is 4.58. The molecule has 4 nitrogen and oxygen atoms in total. The summed E-state index contributed by atoms with van der Waals surface area (Å²) in [5, 5.41) is 3.80. The van der Waals surface area contributed by atoms with Crippen molar-refractivity contribution in [2.75, 3.05) is 5.32 Å². The minimum Gasteiger partial charge on any atom is -0.326 e. The summed E-state index contributed by atoms with van der Waals surface area (Å²) in [6.45, 7) is 1.52. The number of aryl methyl sites for hydroxylation is 1. The molecule has 1 heterocycles. The van der Waals surface area contributed by atoms with Gasteiger partial charge in [0.05, 0.1) is 15.2 Å². The molecule has 5 heteroatoms. The Bertz CT molecular complexity index is 820. The van der Waals surface area contributed by atoms with E-state index in [4.69, 9.17) is 0 Å². The van der Waals surface area contributed by atoms with Crippen LogP contribution in [-0.2, 0) is 11.2 Å². The Morgan fingerprint density at radius 2 is 1.83 bits per heavy atom. The van der Waals surface area contributed by atoms with E-state index in [-0.39, 0.29) is 11.7 Å². The van der Waals surface area contributed by atoms with Crippen LogP contribution in [-0.4, -0.2) is 16.7 Å². The SMILES string of the molecule is CC(=O)c1ccc(NC(=O)CCc2nc3ccccc3s2)cc1. The molecular formula is C18H16N2O2S. The second-order valence-corrected chi connectivity index (χ2v) is 6.37. The fourth-order valence-electron chi connectivity index (χ4n) is 2.26. The summed E-state index contributed by atoms with van der Waals surface area (Å²) in [5.74, 6) is -0.0430. The number of fused-ring (bicyclic) bond motifs is 1. The van der Waals surface area contributed by atoms with Crippen molar-refractivity contribution in [3.05, 3.63) is 59.1 Å². The molecule has 0 unspecified atom stereocenters. The van der Waals surface area contributed by atoms with Crippen molar-refractivity contribution >= 4 is 38.9 Å². The molecule has 1 N–H and O–H groups in total. The first-order valence-electron chi connectivity index (χ1n) is 7.37. The monoisotopic (exact) mass is 324 g/mol. The number of Topliss-reactive ketones (excluding diaryl/α,β-unsaturated/α-hetero) is 1. The quantitative estimate of drug-likeness (QED) is 0.720. The van der Waals surface area contributed by atoms with E-state index in [2.05, 4.69) is 10.3 Å². The van der Waals surface area contributed by atoms with Crippen LogP contribution in [0.2, 0.25) is 0 Å². The van der Waals surface area contributed by atoms with Crippen LogP contribution >= 0.6 is 11.3 Å². The van der Waals surface area contributed by atoms with E-state index >= 15 is 0 Å². The van der Waals surface area contributed by atoms with Gasteiger partial charge in [0.1, 0.15) is 0 Å². The highest BCUT2D eigenvalue weighted by molar-refractivity contribution is 7.18. The topological polar surface area (TPSA) is 59.1 Å². The first kappa shape index (κ1) is 15.4. The fourth-order valence-corrected chi connectivity index (χ4v) is 3.23. The third-order valence-electron chi connectivity index (χ3n) is 3.48. The Morgan fingerprint density at radius 3 is 2.52 bits per heavy atom. The molecule has 3 rings (SSSR count). The zero-order valence-corrected chi connectivity index (χ0v) is 13.5. The summed E-state index contributed by atoms with van der Waals surface area (Å²) in [6, 6.07) is 14.9. The highest BCUT2D eigenvalue weighted by atomic mass is 32.1. The normalized spacial score (nSPS) is 10.7. The molecule has 0 bridgehead atoms. The smallest absolute Gasteiger partial charge is 0.224 e. The van der Waals surface area contributed by atoms with Gasteiger partial charge < -0.3 is 5.32 Å². The van der Waals surface area contributed by atoms with Crippen molar-refractivity contribution < 1.29 is 9.59 Å². The number of nitrogens with zero attached hydrogens (tertiary/aromatic N) is 1. The molecular weight excluding hydrogens is 308 g/mol. The summed E-state index contributed by atoms with van der Waals surface area (Å²) in [6.07, 6.45) is 1.00. The van der Waals surface area contributed by atoms with Crippen LogP contribution in [0.25, 0.3) is 10.2 Å². The maximum Gasteiger partial charge on any atom is 0.224 e. The number of hydrogen-bond donors (Lipinski definition) is 1. The van der Waals surface area contributed by atoms with Crippen molar-refractivity contribution in [1.82, 2.24) is 4.98 Å². The van der Waals surface area contributed by atoms with Gasteiger partial charge in [0.25, 0.3) is 0 Å². The lowest BCUT2D eigenvalue weighted by molar-refractivity contribution is -0.116. The van der Waals surface area contributed by atoms with Gasteiger partial charge in [0.2, 0.25) is 5.91 Å². The third kappa shape index (κ3) is 3.81. The minimum absolute atomic E-state index is 0.0127. The highest BCUT2D eigenvalue weighted by Crippen LogP contribution is 2.22. The van der Waals surface area contributed by atoms with Gasteiger partial charge in [-0.3, -0.25) is 9.59 Å². The van der Waals surface area contributed by atoms with Crippen molar-refractivity contribution in [2.45, 2.75) is 19.8 Å². The minimum atomic E-state index is -0.0557. The molecule has 23 heavy (non-hydrogen) atoms. The van der Waals surface area contributed by atoms with Crippen LogP contribution < -0.4 is 5.32 Å². The number of amides is 1. The van der Waals surface area contributed by atoms with Gasteiger partial charge >= 0.3 is 0 Å². The zero-order chi connectivity index (χ0) is 16.2. The van der Waals surface area contributed by atoms with E-state index in [9.17, 15) is 9.59 Å². The zero-order valence-electron chi connectivity index (χ0n) is 12.7. The molecule has 2 aromatic carbocycles. The van der Waals surface area contributed by atoms with E-state index in [0.717, 1.165) is 15.2 Å². The van der Waals surface area contributed by atoms with Crippen LogP contribution in [0.3, 0.4) is 0 Å². The molecule has 0 aliphatic heterocycles. The van der Waals surface area contributed by atoms with Gasteiger partial charge in [0, 0.05) is 24.1 Å². The summed E-state index contributed by atoms with van der Waals surface area (Å²) < 4.78 is 1.14. The lowest BCUT2D eigenvalue weighted by Gasteiger charge is -2.05. The number of carbonyl (C=O) groups is 2. The first-order valence-corrected chi connectivity index (χ1v) is 8.19. The average molecular weight is 324 g/mol. The van der Waals surface area contributed by atoms with E-state index in [1.807, 2.05) is 24.3 Å². The fraction of sp³-hybridized carbons (Fsp3) is 0.167. The number of benzene rings is 2. The number of nitrogens with one attached hydrogen (secondary N) is 1. The van der Waals surface area contributed by atoms with E-state index in [1.54, 1.807) is 35.6 Å². The Hall–Kier alpha value is -2.53. The number of carbonyl (C=O) groups excluding carboxylic acids is 2. The lowest BCUT2D eigenvalue weighted by atomic mass is 10.1. The number of anilines is 1. The van der Waals surface area contributed by atoms with Crippen molar-refractivity contribution in [3.8, 4) is 0 Å². The summed E-state index contributed by atoms with van der Waals surface area (Å²) in [4.78, 5) is 27.8. The predicted octanol–water partition coefficient (Wildman–Crippen LogP) is 4.07. The van der Waals surface area contributed by atoms with Crippen LogP contribution in [0.5, 0.6) is 0 Å². The average Bonchev–Trinajstić information content (AvgIpc) is 2.96. The Morgan fingerprint density at radius 1 is 1.09 bits per heavy atom. The van der Waals surface area contributed by atoms with Crippen molar-refractivity contribution in [3.63, 3.8) is 0 Å². The Kier molecular flexibility index (Phi) is 4.48. The maximum absolute atomic E-state index is 12.0. The number of hydrogen-bond acceptors (Lipinski definition) is 4. The molecule has 116 valence electrons. The van der Waals surface area contributed by atoms with Gasteiger partial charge in [-0.15, -0.1) is 11.3 Å². The molecule has 0 saturated carbocycles. The van der Waals surface area contributed by atoms with Gasteiger partial charge in [-0.2, -0.15) is 0 Å². The standard InChI is InChI=1S/C18H16N2O2S/c1-12(21)13-6-8-14(9-7-13)19-17(22)10-11-18-20-15-4-2-3-5-16(15)23-18/h2-9H,10-11H2,1H3,(H,19,22). The predicted molar refractivity (Wildman–Crippen MR) is 93.0 cm³/mol. The summed E-state index contributed by atoms with van der Waals surface area (Å²) in [7, 11) is 0. The van der Waals surface area contributed by atoms with Gasteiger partial charge in [-0.25, -0.2) is 4.98 Å². The molecule has 3 aromatic rings. The number of ketones is 1. The maximum atomic E-state index is 12.0. The van der Waals surface area contributed by atoms with Gasteiger partial charge in [-0.05, 0) is 43.3 Å². The van der Waals surface area contributed by atoms with Crippen LogP contribution in [0.15, 0.2) is 48.5 Å². The largest absolute Gasteiger partial charge is 0.326 e. The molecule has 0 atom stereocenters. The Labute approximate surface area is 138 Å². The van der Waals surface area contributed by atoms with Gasteiger partial charge in [0.15, 0.2) is 5.78 Å². The molecule has 0 aliphatic carbocycles. The molecule has 0 fully saturated rings. The van der Waals surface area contributed by atoms with E-state index in [0.29, 0.717) is 24.1 Å². The molecule has 0 aliphatic rings. The number of rotatable bonds is 5. The molecule has 1 amide bonds. The molecule has 1 aromatic heterocycles. The van der Waals surface area contributed by atoms with Crippen LogP contribution in [0.4, 0.5) is 5.69 Å². The van der Waals surface area contributed by atoms with Crippen LogP contribution in [0.1, 0.15) is 28.7 Å². The summed E-state index contributed by atoms with van der Waals surface area (Å²) >= 11 is 1.62. The van der Waals surface area contributed by atoms with E-state index < -0.39 is 0 Å². The number of thiazole rings is 1. The molecule has 0 radical (unpaired) electrons.